The van der Waals surface area contributed by atoms with Gasteiger partial charge in [-0.1, -0.05) is 23.7 Å². The quantitative estimate of drug-likeness (QED) is 0.459. The van der Waals surface area contributed by atoms with Crippen molar-refractivity contribution in [1.82, 2.24) is 15.0 Å². The number of halogens is 3. The third kappa shape index (κ3) is 2.72. The van der Waals surface area contributed by atoms with Gasteiger partial charge in [-0.2, -0.15) is 0 Å². The van der Waals surface area contributed by atoms with Crippen molar-refractivity contribution in [2.24, 2.45) is 0 Å². The molecule has 0 spiro atoms. The lowest BCUT2D eigenvalue weighted by Crippen LogP contribution is -1.94. The highest BCUT2D eigenvalue weighted by atomic mass is 35.5. The summed E-state index contributed by atoms with van der Waals surface area (Å²) >= 11 is 5.71. The van der Waals surface area contributed by atoms with Crippen LogP contribution < -0.4 is 0 Å². The summed E-state index contributed by atoms with van der Waals surface area (Å²) in [6.07, 6.45) is 4.78. The van der Waals surface area contributed by atoms with Gasteiger partial charge in [-0.15, -0.1) is 0 Å². The molecule has 0 unspecified atom stereocenters. The van der Waals surface area contributed by atoms with Crippen LogP contribution in [0, 0.1) is 11.6 Å². The molecular formula is C19H10ClF2N3. The van der Waals surface area contributed by atoms with Crippen LogP contribution in [0.2, 0.25) is 5.02 Å². The van der Waals surface area contributed by atoms with Crippen molar-refractivity contribution in [1.29, 1.82) is 0 Å². The minimum absolute atomic E-state index is 0.140. The largest absolute Gasteiger partial charge is 0.255 e. The van der Waals surface area contributed by atoms with E-state index in [4.69, 9.17) is 11.6 Å². The molecule has 0 aliphatic rings. The molecule has 25 heavy (non-hydrogen) atoms. The Hall–Kier alpha value is -2.92. The van der Waals surface area contributed by atoms with E-state index in [1.54, 1.807) is 24.7 Å². The van der Waals surface area contributed by atoms with E-state index in [2.05, 4.69) is 15.0 Å². The number of nitrogens with zero attached hydrogens (tertiary/aromatic N) is 3. The molecule has 6 heteroatoms. The fraction of sp³-hybridized carbons (Fsp3) is 0. The first-order valence-corrected chi connectivity index (χ1v) is 7.83. The standard InChI is InChI=1S/C19H10ClF2N3/c20-17-14(21)5-4-13(18(17)22)19-12(2-1-7-25-19)11-3-6-15-16(10-11)24-9-8-23-15/h1-10H. The molecular weight excluding hydrogens is 344 g/mol. The molecule has 4 aromatic rings. The van der Waals surface area contributed by atoms with Crippen molar-refractivity contribution in [2.75, 3.05) is 0 Å². The average molecular weight is 354 g/mol. The van der Waals surface area contributed by atoms with Gasteiger partial charge in [0.15, 0.2) is 5.82 Å². The summed E-state index contributed by atoms with van der Waals surface area (Å²) in [4.78, 5) is 12.8. The molecule has 0 amide bonds. The zero-order valence-electron chi connectivity index (χ0n) is 12.7. The van der Waals surface area contributed by atoms with E-state index in [-0.39, 0.29) is 5.56 Å². The summed E-state index contributed by atoms with van der Waals surface area (Å²) in [5.74, 6) is -1.64. The lowest BCUT2D eigenvalue weighted by Gasteiger charge is -2.11. The normalized spacial score (nSPS) is 11.0. The fourth-order valence-corrected chi connectivity index (χ4v) is 2.86. The lowest BCUT2D eigenvalue weighted by atomic mass is 9.98. The van der Waals surface area contributed by atoms with E-state index < -0.39 is 16.7 Å². The van der Waals surface area contributed by atoms with Crippen LogP contribution in [0.1, 0.15) is 0 Å². The minimum atomic E-state index is -0.831. The molecule has 0 aliphatic carbocycles. The number of aromatic nitrogens is 3. The molecule has 0 saturated carbocycles. The second kappa shape index (κ2) is 6.18. The highest BCUT2D eigenvalue weighted by Crippen LogP contribution is 2.35. The summed E-state index contributed by atoms with van der Waals surface area (Å²) in [6, 6.07) is 11.6. The second-order valence-corrected chi connectivity index (χ2v) is 5.76. The highest BCUT2D eigenvalue weighted by molar-refractivity contribution is 6.31. The Morgan fingerprint density at radius 2 is 1.56 bits per heavy atom. The molecule has 2 heterocycles. The zero-order chi connectivity index (χ0) is 17.4. The van der Waals surface area contributed by atoms with Gasteiger partial charge >= 0.3 is 0 Å². The maximum absolute atomic E-state index is 14.5. The molecule has 0 bridgehead atoms. The van der Waals surface area contributed by atoms with Crippen LogP contribution in [0.4, 0.5) is 8.78 Å². The predicted octanol–water partition coefficient (Wildman–Crippen LogP) is 5.29. The molecule has 0 atom stereocenters. The zero-order valence-corrected chi connectivity index (χ0v) is 13.5. The molecule has 2 aromatic heterocycles. The molecule has 0 fully saturated rings. The molecule has 0 N–H and O–H groups in total. The van der Waals surface area contributed by atoms with Crippen molar-refractivity contribution >= 4 is 22.6 Å². The molecule has 4 rings (SSSR count). The predicted molar refractivity (Wildman–Crippen MR) is 93.1 cm³/mol. The fourth-order valence-electron chi connectivity index (χ4n) is 2.69. The van der Waals surface area contributed by atoms with Gasteiger partial charge in [0.05, 0.1) is 16.7 Å². The number of pyridine rings is 1. The Labute approximate surface area is 147 Å². The summed E-state index contributed by atoms with van der Waals surface area (Å²) in [6.45, 7) is 0. The van der Waals surface area contributed by atoms with E-state index in [1.165, 1.54) is 6.07 Å². The van der Waals surface area contributed by atoms with Gasteiger partial charge in [0.25, 0.3) is 0 Å². The number of fused-ring (bicyclic) bond motifs is 1. The summed E-state index contributed by atoms with van der Waals surface area (Å²) in [5.41, 5.74) is 3.49. The van der Waals surface area contributed by atoms with E-state index in [9.17, 15) is 8.78 Å². The number of benzene rings is 2. The van der Waals surface area contributed by atoms with Gasteiger partial charge < -0.3 is 0 Å². The van der Waals surface area contributed by atoms with Crippen molar-refractivity contribution < 1.29 is 8.78 Å². The van der Waals surface area contributed by atoms with Crippen LogP contribution in [-0.2, 0) is 0 Å². The van der Waals surface area contributed by atoms with E-state index >= 15 is 0 Å². The van der Waals surface area contributed by atoms with Gasteiger partial charge in [-0.05, 0) is 35.9 Å². The van der Waals surface area contributed by atoms with Crippen LogP contribution in [-0.4, -0.2) is 15.0 Å². The minimum Gasteiger partial charge on any atom is -0.255 e. The maximum atomic E-state index is 14.5. The van der Waals surface area contributed by atoms with Gasteiger partial charge in [0, 0.05) is 29.7 Å². The van der Waals surface area contributed by atoms with Gasteiger partial charge in [0.2, 0.25) is 0 Å². The molecule has 0 saturated heterocycles. The van der Waals surface area contributed by atoms with Gasteiger partial charge in [0.1, 0.15) is 10.8 Å². The molecule has 2 aromatic carbocycles. The molecule has 0 aliphatic heterocycles. The Morgan fingerprint density at radius 1 is 0.760 bits per heavy atom. The first-order chi connectivity index (χ1) is 12.1. The van der Waals surface area contributed by atoms with E-state index in [0.29, 0.717) is 16.8 Å². The first-order valence-electron chi connectivity index (χ1n) is 7.45. The smallest absolute Gasteiger partial charge is 0.154 e. The van der Waals surface area contributed by atoms with Crippen LogP contribution in [0.3, 0.4) is 0 Å². The van der Waals surface area contributed by atoms with Crippen LogP contribution in [0.15, 0.2) is 61.1 Å². The van der Waals surface area contributed by atoms with Crippen molar-refractivity contribution in [2.45, 2.75) is 0 Å². The summed E-state index contributed by atoms with van der Waals surface area (Å²) in [5, 5.41) is -0.543. The van der Waals surface area contributed by atoms with Crippen molar-refractivity contribution in [3.63, 3.8) is 0 Å². The Balaban J connectivity index is 1.94. The number of hydrogen-bond donors (Lipinski definition) is 0. The SMILES string of the molecule is Fc1ccc(-c2ncccc2-c2ccc3nccnc3c2)c(F)c1Cl. The lowest BCUT2D eigenvalue weighted by molar-refractivity contribution is 0.586. The Morgan fingerprint density at radius 3 is 2.40 bits per heavy atom. The summed E-state index contributed by atoms with van der Waals surface area (Å²) < 4.78 is 27.9. The molecule has 3 nitrogen and oxygen atoms in total. The van der Waals surface area contributed by atoms with Crippen molar-refractivity contribution in [3.8, 4) is 22.4 Å². The Bertz CT molecular complexity index is 1100. The van der Waals surface area contributed by atoms with Gasteiger partial charge in [-0.25, -0.2) is 8.78 Å². The highest BCUT2D eigenvalue weighted by Gasteiger charge is 2.17. The monoisotopic (exact) mass is 353 g/mol. The Kier molecular flexibility index (Phi) is 3.86. The van der Waals surface area contributed by atoms with Crippen LogP contribution in [0.5, 0.6) is 0 Å². The van der Waals surface area contributed by atoms with E-state index in [1.807, 2.05) is 24.3 Å². The molecule has 122 valence electrons. The average Bonchev–Trinajstić information content (AvgIpc) is 2.66. The second-order valence-electron chi connectivity index (χ2n) is 5.38. The molecule has 0 radical (unpaired) electrons. The third-order valence-electron chi connectivity index (χ3n) is 3.88. The van der Waals surface area contributed by atoms with Crippen molar-refractivity contribution in [3.05, 3.63) is 77.7 Å². The van der Waals surface area contributed by atoms with E-state index in [0.717, 1.165) is 17.1 Å². The van der Waals surface area contributed by atoms with Crippen LogP contribution >= 0.6 is 11.6 Å². The number of hydrogen-bond acceptors (Lipinski definition) is 3. The third-order valence-corrected chi connectivity index (χ3v) is 4.22. The topological polar surface area (TPSA) is 38.7 Å². The maximum Gasteiger partial charge on any atom is 0.154 e. The summed E-state index contributed by atoms with van der Waals surface area (Å²) in [7, 11) is 0. The van der Waals surface area contributed by atoms with Crippen LogP contribution in [0.25, 0.3) is 33.4 Å². The number of rotatable bonds is 2. The van der Waals surface area contributed by atoms with Gasteiger partial charge in [-0.3, -0.25) is 15.0 Å². The first kappa shape index (κ1) is 15.6.